The van der Waals surface area contributed by atoms with Gasteiger partial charge in [0.05, 0.1) is 6.54 Å². The van der Waals surface area contributed by atoms with E-state index in [-0.39, 0.29) is 18.2 Å². The highest BCUT2D eigenvalue weighted by Gasteiger charge is 2.38. The third kappa shape index (κ3) is 5.23. The number of halogens is 2. The molecule has 1 fully saturated rings. The molecule has 2 atom stereocenters. The number of anilines is 1. The van der Waals surface area contributed by atoms with Gasteiger partial charge in [0.1, 0.15) is 35.1 Å². The molecule has 3 rings (SSSR count). The van der Waals surface area contributed by atoms with Crippen LogP contribution in [0.1, 0.15) is 25.8 Å². The van der Waals surface area contributed by atoms with Crippen LogP contribution in [0.5, 0.6) is 5.75 Å². The van der Waals surface area contributed by atoms with Gasteiger partial charge in [-0.3, -0.25) is 4.79 Å². The number of ether oxygens (including phenoxy) is 1. The Morgan fingerprint density at radius 2 is 1.79 bits per heavy atom. The maximum atomic E-state index is 13.3. The molecule has 156 valence electrons. The van der Waals surface area contributed by atoms with Crippen LogP contribution >= 0.6 is 0 Å². The molecule has 0 saturated carbocycles. The summed E-state index contributed by atoms with van der Waals surface area (Å²) in [5.41, 5.74) is 1.10. The fraction of sp³-hybridized carbons (Fsp3) is 0.409. The van der Waals surface area contributed by atoms with Gasteiger partial charge in [-0.15, -0.1) is 0 Å². The molecule has 0 spiro atoms. The number of β-amino-alcohol motifs (C(OH)–C–C–N with tert-alkyl or cyclic N) is 1. The van der Waals surface area contributed by atoms with Gasteiger partial charge in [0, 0.05) is 36.9 Å². The normalized spacial score (nSPS) is 19.7. The highest BCUT2D eigenvalue weighted by molar-refractivity contribution is 5.88. The van der Waals surface area contributed by atoms with Gasteiger partial charge < -0.3 is 20.1 Å². The summed E-state index contributed by atoms with van der Waals surface area (Å²) in [5.74, 6) is -1.61. The quantitative estimate of drug-likeness (QED) is 0.801. The molecule has 1 amide bonds. The van der Waals surface area contributed by atoms with E-state index in [0.29, 0.717) is 13.0 Å². The SMILES string of the molecule is Cc1ccc(NC(C)(C)C(=O)N2CC[C@@H](Oc3cc(F)cc(F)c3)[C@H](O)C2)cc1. The molecule has 0 radical (unpaired) electrons. The van der Waals surface area contributed by atoms with E-state index >= 15 is 0 Å². The van der Waals surface area contributed by atoms with E-state index in [1.54, 1.807) is 18.7 Å². The van der Waals surface area contributed by atoms with Crippen LogP contribution in [0.2, 0.25) is 0 Å². The standard InChI is InChI=1S/C22H26F2N2O3/c1-14-4-6-17(7-5-14)25-22(2,3)21(28)26-9-8-20(19(27)13-26)29-18-11-15(23)10-16(24)12-18/h4-7,10-12,19-20,25,27H,8-9,13H2,1-3H3/t19-,20-/m1/s1. The first-order chi connectivity index (χ1) is 13.6. The summed E-state index contributed by atoms with van der Waals surface area (Å²) in [5, 5.41) is 13.7. The topological polar surface area (TPSA) is 61.8 Å². The summed E-state index contributed by atoms with van der Waals surface area (Å²) in [6.07, 6.45) is -1.26. The van der Waals surface area contributed by atoms with Crippen molar-refractivity contribution < 1.29 is 23.4 Å². The van der Waals surface area contributed by atoms with Crippen molar-refractivity contribution in [1.29, 1.82) is 0 Å². The average molecular weight is 404 g/mol. The molecule has 1 aliphatic rings. The smallest absolute Gasteiger partial charge is 0.247 e. The van der Waals surface area contributed by atoms with Crippen LogP contribution < -0.4 is 10.1 Å². The van der Waals surface area contributed by atoms with E-state index in [2.05, 4.69) is 5.32 Å². The van der Waals surface area contributed by atoms with E-state index in [4.69, 9.17) is 4.74 Å². The number of carbonyl (C=O) groups excluding carboxylic acids is 1. The van der Waals surface area contributed by atoms with Crippen molar-refractivity contribution in [3.05, 3.63) is 59.7 Å². The van der Waals surface area contributed by atoms with Gasteiger partial charge in [-0.05, 0) is 32.9 Å². The molecule has 0 bridgehead atoms. The van der Waals surface area contributed by atoms with Crippen molar-refractivity contribution in [3.63, 3.8) is 0 Å². The lowest BCUT2D eigenvalue weighted by Gasteiger charge is -2.40. The minimum atomic E-state index is -0.964. The number of benzene rings is 2. The van der Waals surface area contributed by atoms with E-state index in [1.807, 2.05) is 31.2 Å². The van der Waals surface area contributed by atoms with E-state index in [0.717, 1.165) is 29.4 Å². The summed E-state index contributed by atoms with van der Waals surface area (Å²) in [6, 6.07) is 10.7. The monoisotopic (exact) mass is 404 g/mol. The predicted octanol–water partition coefficient (Wildman–Crippen LogP) is 3.50. The van der Waals surface area contributed by atoms with Gasteiger partial charge in [-0.2, -0.15) is 0 Å². The number of nitrogens with zero attached hydrogens (tertiary/aromatic N) is 1. The number of amides is 1. The zero-order chi connectivity index (χ0) is 21.2. The van der Waals surface area contributed by atoms with Crippen molar-refractivity contribution in [2.75, 3.05) is 18.4 Å². The number of aliphatic hydroxyl groups is 1. The Hall–Kier alpha value is -2.67. The number of aryl methyl sites for hydroxylation is 1. The van der Waals surface area contributed by atoms with Crippen LogP contribution in [0.25, 0.3) is 0 Å². The lowest BCUT2D eigenvalue weighted by molar-refractivity contribution is -0.140. The van der Waals surface area contributed by atoms with Crippen LogP contribution in [0.15, 0.2) is 42.5 Å². The lowest BCUT2D eigenvalue weighted by Crippen LogP contribution is -2.57. The van der Waals surface area contributed by atoms with Crippen LogP contribution in [-0.4, -0.2) is 46.7 Å². The molecule has 7 heteroatoms. The van der Waals surface area contributed by atoms with E-state index in [1.165, 1.54) is 0 Å². The van der Waals surface area contributed by atoms with Crippen molar-refractivity contribution >= 4 is 11.6 Å². The van der Waals surface area contributed by atoms with Crippen LogP contribution in [0, 0.1) is 18.6 Å². The van der Waals surface area contributed by atoms with Gasteiger partial charge in [0.15, 0.2) is 0 Å². The van der Waals surface area contributed by atoms with Crippen molar-refractivity contribution in [2.45, 2.75) is 44.9 Å². The number of hydrogen-bond acceptors (Lipinski definition) is 4. The van der Waals surface area contributed by atoms with Gasteiger partial charge in [0.2, 0.25) is 5.91 Å². The largest absolute Gasteiger partial charge is 0.487 e. The Balaban J connectivity index is 1.61. The number of piperidine rings is 1. The number of nitrogens with one attached hydrogen (secondary N) is 1. The lowest BCUT2D eigenvalue weighted by atomic mass is 9.98. The molecule has 2 N–H and O–H groups in total. The Kier molecular flexibility index (Phi) is 6.07. The van der Waals surface area contributed by atoms with E-state index in [9.17, 15) is 18.7 Å². The number of rotatable bonds is 5. The van der Waals surface area contributed by atoms with Gasteiger partial charge in [-0.25, -0.2) is 8.78 Å². The molecular formula is C22H26F2N2O3. The number of aliphatic hydroxyl groups excluding tert-OH is 1. The van der Waals surface area contributed by atoms with E-state index < -0.39 is 29.4 Å². The maximum Gasteiger partial charge on any atom is 0.247 e. The summed E-state index contributed by atoms with van der Waals surface area (Å²) in [7, 11) is 0. The molecule has 1 aliphatic heterocycles. The summed E-state index contributed by atoms with van der Waals surface area (Å²) >= 11 is 0. The summed E-state index contributed by atoms with van der Waals surface area (Å²) in [4.78, 5) is 14.6. The Morgan fingerprint density at radius 3 is 2.38 bits per heavy atom. The first kappa shape index (κ1) is 21.0. The molecule has 2 aromatic carbocycles. The van der Waals surface area contributed by atoms with Crippen molar-refractivity contribution in [2.24, 2.45) is 0 Å². The fourth-order valence-corrected chi connectivity index (χ4v) is 3.45. The second-order valence-electron chi connectivity index (χ2n) is 7.98. The zero-order valence-electron chi connectivity index (χ0n) is 16.8. The molecular weight excluding hydrogens is 378 g/mol. The van der Waals surface area contributed by atoms with Gasteiger partial charge >= 0.3 is 0 Å². The third-order valence-corrected chi connectivity index (χ3v) is 4.97. The summed E-state index contributed by atoms with van der Waals surface area (Å²) < 4.78 is 32.2. The minimum Gasteiger partial charge on any atom is -0.487 e. The number of hydrogen-bond donors (Lipinski definition) is 2. The molecule has 1 saturated heterocycles. The van der Waals surface area contributed by atoms with Crippen LogP contribution in [0.3, 0.4) is 0 Å². The van der Waals surface area contributed by atoms with Crippen LogP contribution in [-0.2, 0) is 4.79 Å². The first-order valence-electron chi connectivity index (χ1n) is 9.59. The van der Waals surface area contributed by atoms with Crippen LogP contribution in [0.4, 0.5) is 14.5 Å². The first-order valence-corrected chi connectivity index (χ1v) is 9.59. The molecule has 29 heavy (non-hydrogen) atoms. The Morgan fingerprint density at radius 1 is 1.17 bits per heavy atom. The third-order valence-electron chi connectivity index (χ3n) is 4.97. The molecule has 1 heterocycles. The van der Waals surface area contributed by atoms with Crippen molar-refractivity contribution in [3.8, 4) is 5.75 Å². The van der Waals surface area contributed by atoms with Crippen molar-refractivity contribution in [1.82, 2.24) is 4.90 Å². The molecule has 0 aliphatic carbocycles. The van der Waals surface area contributed by atoms with Gasteiger partial charge in [0.25, 0.3) is 0 Å². The second kappa shape index (κ2) is 8.37. The number of carbonyl (C=O) groups is 1. The second-order valence-corrected chi connectivity index (χ2v) is 7.98. The molecule has 0 unspecified atom stereocenters. The highest BCUT2D eigenvalue weighted by atomic mass is 19.1. The maximum absolute atomic E-state index is 13.3. The fourth-order valence-electron chi connectivity index (χ4n) is 3.45. The summed E-state index contributed by atoms with van der Waals surface area (Å²) in [6.45, 7) is 6.03. The zero-order valence-corrected chi connectivity index (χ0v) is 16.8. The van der Waals surface area contributed by atoms with Gasteiger partial charge in [-0.1, -0.05) is 17.7 Å². The Bertz CT molecular complexity index is 851. The molecule has 2 aromatic rings. The average Bonchev–Trinajstić information content (AvgIpc) is 2.63. The number of likely N-dealkylation sites (tertiary alicyclic amines) is 1. The Labute approximate surface area is 169 Å². The molecule has 5 nitrogen and oxygen atoms in total. The highest BCUT2D eigenvalue weighted by Crippen LogP contribution is 2.24. The molecule has 0 aromatic heterocycles. The minimum absolute atomic E-state index is 0.0210. The predicted molar refractivity (Wildman–Crippen MR) is 107 cm³/mol.